The van der Waals surface area contributed by atoms with Crippen LogP contribution in [0.5, 0.6) is 5.75 Å². The van der Waals surface area contributed by atoms with Gasteiger partial charge in [-0.25, -0.2) is 8.42 Å². The zero-order valence-electron chi connectivity index (χ0n) is 14.0. The molecule has 0 saturated carbocycles. The summed E-state index contributed by atoms with van der Waals surface area (Å²) in [6, 6.07) is 3.58. The van der Waals surface area contributed by atoms with Crippen LogP contribution in [-0.2, 0) is 27.2 Å². The Balaban J connectivity index is 2.01. The van der Waals surface area contributed by atoms with Gasteiger partial charge >= 0.3 is 12.4 Å². The third kappa shape index (κ3) is 4.55. The van der Waals surface area contributed by atoms with Gasteiger partial charge in [0.25, 0.3) is 15.9 Å². The first-order chi connectivity index (χ1) is 13.3. The molecule has 0 aromatic heterocycles. The first kappa shape index (κ1) is 20.8. The lowest BCUT2D eigenvalue weighted by Crippen LogP contribution is -2.25. The molecule has 3 rings (SSSR count). The second-order valence-electron chi connectivity index (χ2n) is 5.89. The molecule has 0 bridgehead atoms. The Labute approximate surface area is 159 Å². The van der Waals surface area contributed by atoms with Crippen LogP contribution < -0.4 is 14.8 Å². The van der Waals surface area contributed by atoms with Crippen molar-refractivity contribution in [2.45, 2.75) is 17.2 Å². The molecule has 1 heterocycles. The molecular formula is C16H10F6N2O4S. The molecule has 0 fully saturated rings. The summed E-state index contributed by atoms with van der Waals surface area (Å²) < 4.78 is 109. The molecule has 1 aliphatic heterocycles. The van der Waals surface area contributed by atoms with Gasteiger partial charge in [0.05, 0.1) is 27.4 Å². The van der Waals surface area contributed by atoms with Crippen LogP contribution in [0.25, 0.3) is 0 Å². The van der Waals surface area contributed by atoms with Crippen molar-refractivity contribution in [1.29, 1.82) is 0 Å². The number of halogens is 6. The number of carbonyl (C=O) groups excluding carboxylic acids is 1. The summed E-state index contributed by atoms with van der Waals surface area (Å²) in [5.74, 6) is -0.309. The Hall–Kier alpha value is -2.96. The summed E-state index contributed by atoms with van der Waals surface area (Å²) in [6.07, 6.45) is -10.4. The van der Waals surface area contributed by atoms with E-state index in [-0.39, 0.29) is 41.9 Å². The van der Waals surface area contributed by atoms with Crippen molar-refractivity contribution in [3.63, 3.8) is 0 Å². The van der Waals surface area contributed by atoms with Gasteiger partial charge < -0.3 is 10.1 Å². The van der Waals surface area contributed by atoms with Gasteiger partial charge in [-0.2, -0.15) is 26.3 Å². The van der Waals surface area contributed by atoms with Crippen molar-refractivity contribution in [2.24, 2.45) is 0 Å². The van der Waals surface area contributed by atoms with E-state index in [0.717, 1.165) is 6.07 Å². The van der Waals surface area contributed by atoms with E-state index in [1.165, 1.54) is 12.1 Å². The number of benzene rings is 2. The highest BCUT2D eigenvalue weighted by molar-refractivity contribution is 7.92. The number of sulfonamides is 1. The molecule has 0 atom stereocenters. The van der Waals surface area contributed by atoms with E-state index in [0.29, 0.717) is 0 Å². The highest BCUT2D eigenvalue weighted by Gasteiger charge is 2.38. The maximum atomic E-state index is 12.9. The third-order valence-electron chi connectivity index (χ3n) is 3.74. The zero-order valence-corrected chi connectivity index (χ0v) is 14.8. The molecule has 6 nitrogen and oxygen atoms in total. The average molecular weight is 440 g/mol. The van der Waals surface area contributed by atoms with Gasteiger partial charge in [0.2, 0.25) is 0 Å². The maximum absolute atomic E-state index is 12.9. The van der Waals surface area contributed by atoms with Gasteiger partial charge in [0, 0.05) is 0 Å². The fraction of sp³-hybridized carbons (Fsp3) is 0.188. The predicted octanol–water partition coefficient (Wildman–Crippen LogP) is 3.86. The van der Waals surface area contributed by atoms with Gasteiger partial charge in [-0.15, -0.1) is 0 Å². The lowest BCUT2D eigenvalue weighted by atomic mass is 10.1. The van der Waals surface area contributed by atoms with E-state index in [4.69, 9.17) is 4.74 Å². The van der Waals surface area contributed by atoms with Gasteiger partial charge in [0.1, 0.15) is 5.75 Å². The van der Waals surface area contributed by atoms with E-state index < -0.39 is 44.3 Å². The van der Waals surface area contributed by atoms with Crippen LogP contribution in [0, 0.1) is 0 Å². The minimum absolute atomic E-state index is 0.0847. The van der Waals surface area contributed by atoms with E-state index in [1.54, 1.807) is 0 Å². The van der Waals surface area contributed by atoms with E-state index >= 15 is 0 Å². The quantitative estimate of drug-likeness (QED) is 0.711. The standard InChI is InChI=1S/C16H10F6N2O4S/c17-15(18,19)8-3-9(16(20,21)22)5-11(4-8)29(26,27)24-10-1-2-13-12(6-10)23-14(25)7-28-13/h1-6,24H,7H2,(H,23,25). The predicted molar refractivity (Wildman–Crippen MR) is 87.8 cm³/mol. The summed E-state index contributed by atoms with van der Waals surface area (Å²) >= 11 is 0. The average Bonchev–Trinajstić information content (AvgIpc) is 2.59. The molecule has 0 radical (unpaired) electrons. The minimum atomic E-state index is -5.20. The van der Waals surface area contributed by atoms with E-state index in [2.05, 4.69) is 5.32 Å². The fourth-order valence-electron chi connectivity index (χ4n) is 2.44. The summed E-state index contributed by atoms with van der Waals surface area (Å²) in [5.41, 5.74) is -3.65. The molecule has 0 unspecified atom stereocenters. The summed E-state index contributed by atoms with van der Waals surface area (Å²) in [6.45, 7) is -0.261. The number of nitrogens with one attached hydrogen (secondary N) is 2. The third-order valence-corrected chi connectivity index (χ3v) is 5.10. The molecule has 1 aliphatic rings. The highest BCUT2D eigenvalue weighted by atomic mass is 32.2. The van der Waals surface area contributed by atoms with Crippen molar-refractivity contribution in [3.05, 3.63) is 47.5 Å². The lowest BCUT2D eigenvalue weighted by Gasteiger charge is -2.19. The van der Waals surface area contributed by atoms with Crippen molar-refractivity contribution < 1.29 is 44.3 Å². The SMILES string of the molecule is O=C1COc2ccc(NS(=O)(=O)c3cc(C(F)(F)F)cc(C(F)(F)F)c3)cc2N1. The molecule has 0 spiro atoms. The summed E-state index contributed by atoms with van der Waals surface area (Å²) in [4.78, 5) is 10.1. The fourth-order valence-corrected chi connectivity index (χ4v) is 3.56. The number of ether oxygens (including phenoxy) is 1. The summed E-state index contributed by atoms with van der Waals surface area (Å²) in [7, 11) is -4.82. The Bertz CT molecular complexity index is 1050. The Morgan fingerprint density at radius 1 is 0.931 bits per heavy atom. The van der Waals surface area contributed by atoms with Crippen molar-refractivity contribution >= 4 is 27.3 Å². The van der Waals surface area contributed by atoms with Crippen LogP contribution in [0.2, 0.25) is 0 Å². The number of fused-ring (bicyclic) bond motifs is 1. The van der Waals surface area contributed by atoms with Crippen LogP contribution in [0.3, 0.4) is 0 Å². The zero-order chi connectivity index (χ0) is 21.6. The topological polar surface area (TPSA) is 84.5 Å². The highest BCUT2D eigenvalue weighted by Crippen LogP contribution is 2.38. The Morgan fingerprint density at radius 3 is 2.07 bits per heavy atom. The number of amides is 1. The van der Waals surface area contributed by atoms with Gasteiger partial charge in [0.15, 0.2) is 6.61 Å². The van der Waals surface area contributed by atoms with Gasteiger partial charge in [-0.05, 0) is 36.4 Å². The lowest BCUT2D eigenvalue weighted by molar-refractivity contribution is -0.143. The van der Waals surface area contributed by atoms with Crippen molar-refractivity contribution in [1.82, 2.24) is 0 Å². The number of anilines is 2. The van der Waals surface area contributed by atoms with Gasteiger partial charge in [-0.1, -0.05) is 0 Å². The second-order valence-corrected chi connectivity index (χ2v) is 7.58. The first-order valence-electron chi connectivity index (χ1n) is 7.65. The monoisotopic (exact) mass is 440 g/mol. The molecule has 156 valence electrons. The van der Waals surface area contributed by atoms with Crippen molar-refractivity contribution in [3.8, 4) is 5.75 Å². The molecule has 0 saturated heterocycles. The number of alkyl halides is 6. The largest absolute Gasteiger partial charge is 0.482 e. The van der Waals surface area contributed by atoms with Gasteiger partial charge in [-0.3, -0.25) is 9.52 Å². The molecular weight excluding hydrogens is 430 g/mol. The van der Waals surface area contributed by atoms with Crippen LogP contribution in [-0.4, -0.2) is 20.9 Å². The van der Waals surface area contributed by atoms with Crippen LogP contribution in [0.15, 0.2) is 41.3 Å². The molecule has 13 heteroatoms. The molecule has 29 heavy (non-hydrogen) atoms. The molecule has 1 amide bonds. The normalized spacial score (nSPS) is 14.6. The Morgan fingerprint density at radius 2 is 1.52 bits per heavy atom. The first-order valence-corrected chi connectivity index (χ1v) is 9.13. The molecule has 2 aromatic carbocycles. The molecule has 2 N–H and O–H groups in total. The van der Waals surface area contributed by atoms with Crippen LogP contribution >= 0.6 is 0 Å². The number of carbonyl (C=O) groups is 1. The van der Waals surface area contributed by atoms with Crippen LogP contribution in [0.1, 0.15) is 11.1 Å². The molecule has 2 aromatic rings. The number of hydrogen-bond acceptors (Lipinski definition) is 4. The maximum Gasteiger partial charge on any atom is 0.416 e. The second kappa shape index (κ2) is 6.83. The summed E-state index contributed by atoms with van der Waals surface area (Å²) in [5, 5.41) is 2.39. The molecule has 0 aliphatic carbocycles. The van der Waals surface area contributed by atoms with Crippen LogP contribution in [0.4, 0.5) is 37.7 Å². The van der Waals surface area contributed by atoms with E-state index in [9.17, 15) is 39.6 Å². The smallest absolute Gasteiger partial charge is 0.416 e. The minimum Gasteiger partial charge on any atom is -0.482 e. The number of rotatable bonds is 3. The van der Waals surface area contributed by atoms with Crippen molar-refractivity contribution in [2.75, 3.05) is 16.6 Å². The Kier molecular flexibility index (Phi) is 4.89. The number of hydrogen-bond donors (Lipinski definition) is 2. The van der Waals surface area contributed by atoms with E-state index in [1.807, 2.05) is 4.72 Å².